The molecule has 0 saturated carbocycles. The molecule has 7 nitrogen and oxygen atoms in total. The number of aromatic nitrogens is 1. The zero-order valence-electron chi connectivity index (χ0n) is 17.6. The lowest BCUT2D eigenvalue weighted by atomic mass is 10.1. The van der Waals surface area contributed by atoms with Crippen LogP contribution in [0.5, 0.6) is 0 Å². The summed E-state index contributed by atoms with van der Waals surface area (Å²) in [6.45, 7) is 3.10. The first-order valence-corrected chi connectivity index (χ1v) is 11.7. The number of nitrogens with one attached hydrogen (secondary N) is 1. The Morgan fingerprint density at radius 2 is 1.77 bits per heavy atom. The van der Waals surface area contributed by atoms with Gasteiger partial charge in [0, 0.05) is 37.2 Å². The molecule has 0 unspecified atom stereocenters. The van der Waals surface area contributed by atoms with Crippen LogP contribution in [0, 0.1) is 6.92 Å². The fraction of sp³-hybridized carbons (Fsp3) is 0.304. The third kappa shape index (κ3) is 3.83. The van der Waals surface area contributed by atoms with Crippen molar-refractivity contribution in [2.45, 2.75) is 31.1 Å². The maximum absolute atomic E-state index is 13.2. The standard InChI is InChI=1S/C23H25N3O4S/c1-16-8-4-5-9-21(16)25(2)31(29,30)17-10-11-20-18(14-17)22(27)19(15-24-20)23(28)26-12-6-3-7-13-26/h4-5,8-11,14-15H,3,6-7,12-13H2,1-2H3,(H,24,27). The van der Waals surface area contributed by atoms with Gasteiger partial charge in [0.2, 0.25) is 5.43 Å². The average Bonchev–Trinajstić information content (AvgIpc) is 2.79. The van der Waals surface area contributed by atoms with Gasteiger partial charge in [-0.2, -0.15) is 0 Å². The summed E-state index contributed by atoms with van der Waals surface area (Å²) < 4.78 is 27.7. The van der Waals surface area contributed by atoms with Crippen LogP contribution < -0.4 is 9.73 Å². The highest BCUT2D eigenvalue weighted by atomic mass is 32.2. The SMILES string of the molecule is Cc1ccccc1N(C)S(=O)(=O)c1ccc2[nH]cc(C(=O)N3CCCCC3)c(=O)c2c1. The van der Waals surface area contributed by atoms with Gasteiger partial charge in [-0.15, -0.1) is 0 Å². The van der Waals surface area contributed by atoms with Crippen LogP contribution in [0.4, 0.5) is 5.69 Å². The van der Waals surface area contributed by atoms with Crippen LogP contribution in [0.15, 0.2) is 58.4 Å². The molecule has 2 heterocycles. The third-order valence-electron chi connectivity index (χ3n) is 5.84. The Morgan fingerprint density at radius 1 is 1.06 bits per heavy atom. The first-order chi connectivity index (χ1) is 14.8. The molecule has 8 heteroatoms. The Bertz CT molecular complexity index is 1310. The molecule has 1 aliphatic heterocycles. The number of H-pyrrole nitrogens is 1. The second kappa shape index (κ2) is 8.19. The molecule has 1 saturated heterocycles. The number of piperidine rings is 1. The Kier molecular flexibility index (Phi) is 5.58. The number of likely N-dealkylation sites (tertiary alicyclic amines) is 1. The number of nitrogens with zero attached hydrogens (tertiary/aromatic N) is 2. The van der Waals surface area contributed by atoms with Crippen molar-refractivity contribution in [3.8, 4) is 0 Å². The molecular weight excluding hydrogens is 414 g/mol. The van der Waals surface area contributed by atoms with Crippen molar-refractivity contribution in [3.63, 3.8) is 0 Å². The molecule has 162 valence electrons. The van der Waals surface area contributed by atoms with E-state index in [0.29, 0.717) is 24.3 Å². The lowest BCUT2D eigenvalue weighted by Gasteiger charge is -2.26. The first kappa shape index (κ1) is 21.1. The molecule has 1 N–H and O–H groups in total. The molecule has 31 heavy (non-hydrogen) atoms. The van der Waals surface area contributed by atoms with Gasteiger partial charge in [0.1, 0.15) is 5.56 Å². The summed E-state index contributed by atoms with van der Waals surface area (Å²) in [5.41, 5.74) is 1.45. The summed E-state index contributed by atoms with van der Waals surface area (Å²) >= 11 is 0. The number of fused-ring (bicyclic) bond motifs is 1. The number of amides is 1. The van der Waals surface area contributed by atoms with Crippen LogP contribution >= 0.6 is 0 Å². The van der Waals surface area contributed by atoms with E-state index in [1.54, 1.807) is 23.1 Å². The number of aryl methyl sites for hydroxylation is 1. The van der Waals surface area contributed by atoms with Crippen LogP contribution in [0.2, 0.25) is 0 Å². The van der Waals surface area contributed by atoms with Crippen LogP contribution in [0.1, 0.15) is 35.2 Å². The largest absolute Gasteiger partial charge is 0.360 e. The van der Waals surface area contributed by atoms with Gasteiger partial charge < -0.3 is 9.88 Å². The number of carbonyl (C=O) groups is 1. The van der Waals surface area contributed by atoms with E-state index in [-0.39, 0.29) is 21.8 Å². The maximum atomic E-state index is 13.2. The smallest absolute Gasteiger partial charge is 0.264 e. The summed E-state index contributed by atoms with van der Waals surface area (Å²) in [6.07, 6.45) is 4.35. The van der Waals surface area contributed by atoms with Gasteiger partial charge in [-0.1, -0.05) is 18.2 Å². The summed E-state index contributed by atoms with van der Waals surface area (Å²) in [5, 5.41) is 0.183. The molecule has 0 bridgehead atoms. The molecule has 1 fully saturated rings. The van der Waals surface area contributed by atoms with Gasteiger partial charge >= 0.3 is 0 Å². The van der Waals surface area contributed by atoms with E-state index in [0.717, 1.165) is 24.8 Å². The molecule has 1 aliphatic rings. The molecule has 2 aromatic carbocycles. The van der Waals surface area contributed by atoms with Crippen LogP contribution in [-0.2, 0) is 10.0 Å². The number of benzene rings is 2. The molecule has 0 spiro atoms. The van der Waals surface area contributed by atoms with Gasteiger partial charge in [-0.05, 0) is 56.0 Å². The first-order valence-electron chi connectivity index (χ1n) is 10.3. The van der Waals surface area contributed by atoms with Crippen molar-refractivity contribution in [2.24, 2.45) is 0 Å². The molecule has 1 aromatic heterocycles. The van der Waals surface area contributed by atoms with Crippen molar-refractivity contribution in [3.05, 3.63) is 70.0 Å². The minimum atomic E-state index is -3.89. The molecular formula is C23H25N3O4S. The van der Waals surface area contributed by atoms with Crippen LogP contribution in [0.3, 0.4) is 0 Å². The number of anilines is 1. The number of para-hydroxylation sites is 1. The fourth-order valence-corrected chi connectivity index (χ4v) is 5.28. The van der Waals surface area contributed by atoms with Gasteiger partial charge in [0.25, 0.3) is 15.9 Å². The number of carbonyl (C=O) groups excluding carboxylic acids is 1. The summed E-state index contributed by atoms with van der Waals surface area (Å²) in [7, 11) is -2.40. The van der Waals surface area contributed by atoms with E-state index in [1.165, 1.54) is 29.7 Å². The van der Waals surface area contributed by atoms with E-state index < -0.39 is 15.5 Å². The van der Waals surface area contributed by atoms with Gasteiger partial charge in [-0.25, -0.2) is 8.42 Å². The van der Waals surface area contributed by atoms with E-state index >= 15 is 0 Å². The Balaban J connectivity index is 1.76. The second-order valence-corrected chi connectivity index (χ2v) is 9.82. The average molecular weight is 440 g/mol. The van der Waals surface area contributed by atoms with E-state index in [2.05, 4.69) is 4.98 Å². The van der Waals surface area contributed by atoms with Crippen LogP contribution in [0.25, 0.3) is 10.9 Å². The number of rotatable bonds is 4. The van der Waals surface area contributed by atoms with Crippen molar-refractivity contribution >= 4 is 32.5 Å². The molecule has 1 amide bonds. The molecule has 3 aromatic rings. The zero-order valence-corrected chi connectivity index (χ0v) is 18.4. The zero-order chi connectivity index (χ0) is 22.2. The second-order valence-electron chi connectivity index (χ2n) is 7.85. The maximum Gasteiger partial charge on any atom is 0.264 e. The van der Waals surface area contributed by atoms with Crippen molar-refractivity contribution < 1.29 is 13.2 Å². The normalized spacial score (nSPS) is 14.6. The fourth-order valence-electron chi connectivity index (χ4n) is 3.99. The minimum Gasteiger partial charge on any atom is -0.360 e. The van der Waals surface area contributed by atoms with E-state index in [9.17, 15) is 18.0 Å². The highest BCUT2D eigenvalue weighted by Gasteiger charge is 2.25. The lowest BCUT2D eigenvalue weighted by Crippen LogP contribution is -2.38. The summed E-state index contributed by atoms with van der Waals surface area (Å²) in [6, 6.07) is 11.6. The van der Waals surface area contributed by atoms with E-state index in [1.807, 2.05) is 19.1 Å². The van der Waals surface area contributed by atoms with Gasteiger partial charge in [0.05, 0.1) is 10.6 Å². The van der Waals surface area contributed by atoms with Crippen molar-refractivity contribution in [1.82, 2.24) is 9.88 Å². The van der Waals surface area contributed by atoms with Gasteiger partial charge in [-0.3, -0.25) is 13.9 Å². The quantitative estimate of drug-likeness (QED) is 0.675. The minimum absolute atomic E-state index is 0.00109. The van der Waals surface area contributed by atoms with E-state index in [4.69, 9.17) is 0 Å². The predicted molar refractivity (Wildman–Crippen MR) is 121 cm³/mol. The Hall–Kier alpha value is -3.13. The highest BCUT2D eigenvalue weighted by molar-refractivity contribution is 7.92. The third-order valence-corrected chi connectivity index (χ3v) is 7.61. The molecule has 0 atom stereocenters. The van der Waals surface area contributed by atoms with Crippen LogP contribution in [-0.4, -0.2) is 44.3 Å². The molecule has 0 aliphatic carbocycles. The molecule has 0 radical (unpaired) electrons. The Morgan fingerprint density at radius 3 is 2.48 bits per heavy atom. The number of sulfonamides is 1. The number of hydrogen-bond acceptors (Lipinski definition) is 4. The molecule has 4 rings (SSSR count). The predicted octanol–water partition coefficient (Wildman–Crippen LogP) is 3.29. The van der Waals surface area contributed by atoms with Gasteiger partial charge in [0.15, 0.2) is 0 Å². The number of pyridine rings is 1. The Labute approximate surface area is 181 Å². The topological polar surface area (TPSA) is 90.6 Å². The summed E-state index contributed by atoms with van der Waals surface area (Å²) in [5.74, 6) is -0.312. The number of aromatic amines is 1. The lowest BCUT2D eigenvalue weighted by molar-refractivity contribution is 0.0723. The summed E-state index contributed by atoms with van der Waals surface area (Å²) in [4.78, 5) is 30.6. The highest BCUT2D eigenvalue weighted by Crippen LogP contribution is 2.26. The monoisotopic (exact) mass is 439 g/mol. The van der Waals surface area contributed by atoms with Crippen molar-refractivity contribution in [1.29, 1.82) is 0 Å². The van der Waals surface area contributed by atoms with Crippen molar-refractivity contribution in [2.75, 3.05) is 24.4 Å². The number of hydrogen-bond donors (Lipinski definition) is 1.